The van der Waals surface area contributed by atoms with Crippen LogP contribution in [0.4, 0.5) is 0 Å². The molecule has 152 valence electrons. The van der Waals surface area contributed by atoms with Gasteiger partial charge in [0.25, 0.3) is 0 Å². The molecular formula is C22H17ClN2O4S. The van der Waals surface area contributed by atoms with Crippen LogP contribution in [0, 0.1) is 11.3 Å². The Balaban J connectivity index is 1.79. The van der Waals surface area contributed by atoms with Crippen LogP contribution in [0.3, 0.4) is 0 Å². The molecule has 3 aromatic carbocycles. The van der Waals surface area contributed by atoms with Gasteiger partial charge in [-0.15, -0.1) is 0 Å². The number of nitriles is 1. The lowest BCUT2D eigenvalue weighted by molar-refractivity contribution is 0.174. The van der Waals surface area contributed by atoms with Crippen LogP contribution in [-0.2, 0) is 16.6 Å². The minimum absolute atomic E-state index is 0.0263. The van der Waals surface area contributed by atoms with Crippen LogP contribution in [-0.4, -0.2) is 19.5 Å². The summed E-state index contributed by atoms with van der Waals surface area (Å²) in [5.41, 5.74) is 1.26. The Bertz CT molecular complexity index is 1190. The molecule has 0 N–H and O–H groups in total. The molecule has 0 spiro atoms. The Labute approximate surface area is 179 Å². The van der Waals surface area contributed by atoms with Gasteiger partial charge in [-0.2, -0.15) is 9.57 Å². The second kappa shape index (κ2) is 8.36. The fourth-order valence-electron chi connectivity index (χ4n) is 3.21. The lowest BCUT2D eigenvalue weighted by Gasteiger charge is -2.27. The van der Waals surface area contributed by atoms with Crippen molar-refractivity contribution in [2.75, 3.05) is 6.79 Å². The predicted molar refractivity (Wildman–Crippen MR) is 112 cm³/mol. The van der Waals surface area contributed by atoms with E-state index in [4.69, 9.17) is 21.1 Å². The Hall–Kier alpha value is -3.05. The van der Waals surface area contributed by atoms with Crippen LogP contribution in [0.25, 0.3) is 0 Å². The fourth-order valence-corrected chi connectivity index (χ4v) is 4.85. The van der Waals surface area contributed by atoms with Gasteiger partial charge in [0.2, 0.25) is 16.8 Å². The first-order chi connectivity index (χ1) is 14.5. The molecule has 1 aliphatic rings. The van der Waals surface area contributed by atoms with Crippen molar-refractivity contribution in [3.63, 3.8) is 0 Å². The van der Waals surface area contributed by atoms with Gasteiger partial charge in [-0.1, -0.05) is 48.0 Å². The Morgan fingerprint density at radius 2 is 1.70 bits per heavy atom. The fraction of sp³-hybridized carbons (Fsp3) is 0.136. The molecule has 0 fully saturated rings. The predicted octanol–water partition coefficient (Wildman–Crippen LogP) is 4.52. The van der Waals surface area contributed by atoms with E-state index in [0.717, 1.165) is 5.56 Å². The maximum absolute atomic E-state index is 13.5. The first-order valence-electron chi connectivity index (χ1n) is 9.09. The van der Waals surface area contributed by atoms with Crippen molar-refractivity contribution < 1.29 is 17.9 Å². The highest BCUT2D eigenvalue weighted by atomic mass is 35.5. The average Bonchev–Trinajstić information content (AvgIpc) is 3.23. The summed E-state index contributed by atoms with van der Waals surface area (Å²) in [6.07, 6.45) is 0. The van der Waals surface area contributed by atoms with Gasteiger partial charge >= 0.3 is 0 Å². The molecule has 1 aliphatic heterocycles. The summed E-state index contributed by atoms with van der Waals surface area (Å²) in [6.45, 7) is 0.116. The molecule has 30 heavy (non-hydrogen) atoms. The first kappa shape index (κ1) is 20.2. The molecule has 4 rings (SSSR count). The van der Waals surface area contributed by atoms with Crippen LogP contribution in [0.15, 0.2) is 77.7 Å². The molecule has 8 heteroatoms. The maximum atomic E-state index is 13.5. The van der Waals surface area contributed by atoms with Gasteiger partial charge in [0.1, 0.15) is 6.04 Å². The molecule has 1 atom stereocenters. The normalized spacial score (nSPS) is 13.8. The average molecular weight is 441 g/mol. The summed E-state index contributed by atoms with van der Waals surface area (Å²) in [5, 5.41) is 10.4. The highest BCUT2D eigenvalue weighted by Crippen LogP contribution is 2.37. The molecular weight excluding hydrogens is 424 g/mol. The van der Waals surface area contributed by atoms with Gasteiger partial charge in [-0.3, -0.25) is 0 Å². The van der Waals surface area contributed by atoms with Crippen LogP contribution in [0.5, 0.6) is 11.5 Å². The molecule has 6 nitrogen and oxygen atoms in total. The van der Waals surface area contributed by atoms with Gasteiger partial charge < -0.3 is 9.47 Å². The van der Waals surface area contributed by atoms with Crippen molar-refractivity contribution in [1.29, 1.82) is 5.26 Å². The zero-order valence-corrected chi connectivity index (χ0v) is 17.3. The van der Waals surface area contributed by atoms with Gasteiger partial charge in [-0.25, -0.2) is 8.42 Å². The van der Waals surface area contributed by atoms with Crippen molar-refractivity contribution in [3.8, 4) is 17.6 Å². The van der Waals surface area contributed by atoms with Gasteiger partial charge in [0.05, 0.1) is 11.0 Å². The molecule has 0 bridgehead atoms. The van der Waals surface area contributed by atoms with Crippen molar-refractivity contribution in [3.05, 3.63) is 88.9 Å². The highest BCUT2D eigenvalue weighted by Gasteiger charge is 2.33. The number of hydrogen-bond donors (Lipinski definition) is 0. The van der Waals surface area contributed by atoms with Crippen LogP contribution >= 0.6 is 11.6 Å². The Morgan fingerprint density at radius 3 is 2.40 bits per heavy atom. The van der Waals surface area contributed by atoms with E-state index in [1.54, 1.807) is 18.2 Å². The summed E-state index contributed by atoms with van der Waals surface area (Å²) in [6, 6.07) is 21.1. The smallest absolute Gasteiger partial charge is 0.244 e. The third kappa shape index (κ3) is 3.98. The van der Waals surface area contributed by atoms with Crippen molar-refractivity contribution in [2.45, 2.75) is 17.5 Å². The molecule has 3 aromatic rings. The van der Waals surface area contributed by atoms with Crippen molar-refractivity contribution in [2.24, 2.45) is 0 Å². The van der Waals surface area contributed by atoms with E-state index >= 15 is 0 Å². The van der Waals surface area contributed by atoms with E-state index in [0.29, 0.717) is 22.1 Å². The number of ether oxygens (including phenoxy) is 2. The molecule has 1 unspecified atom stereocenters. The number of benzene rings is 3. The number of hydrogen-bond acceptors (Lipinski definition) is 5. The summed E-state index contributed by atoms with van der Waals surface area (Å²) < 4.78 is 39.0. The van der Waals surface area contributed by atoms with Crippen molar-refractivity contribution >= 4 is 21.6 Å². The summed E-state index contributed by atoms with van der Waals surface area (Å²) in [5.74, 6) is 1.04. The Kier molecular flexibility index (Phi) is 5.64. The van der Waals surface area contributed by atoms with E-state index < -0.39 is 16.1 Å². The van der Waals surface area contributed by atoms with E-state index in [-0.39, 0.29) is 18.2 Å². The number of fused-ring (bicyclic) bond motifs is 1. The number of halogens is 1. The molecule has 0 saturated heterocycles. The maximum Gasteiger partial charge on any atom is 0.244 e. The van der Waals surface area contributed by atoms with Gasteiger partial charge in [0.15, 0.2) is 11.5 Å². The summed E-state index contributed by atoms with van der Waals surface area (Å²) in [7, 11) is -4.01. The zero-order chi connectivity index (χ0) is 21.1. The van der Waals surface area contributed by atoms with Crippen LogP contribution < -0.4 is 9.47 Å². The summed E-state index contributed by atoms with van der Waals surface area (Å²) in [4.78, 5) is 0.0591. The zero-order valence-electron chi connectivity index (χ0n) is 15.7. The van der Waals surface area contributed by atoms with E-state index in [9.17, 15) is 13.7 Å². The molecule has 0 saturated carbocycles. The second-order valence-electron chi connectivity index (χ2n) is 6.63. The highest BCUT2D eigenvalue weighted by molar-refractivity contribution is 7.89. The van der Waals surface area contributed by atoms with E-state index in [1.807, 2.05) is 30.3 Å². The number of nitrogens with zero attached hydrogens (tertiary/aromatic N) is 2. The second-order valence-corrected chi connectivity index (χ2v) is 8.96. The third-order valence-electron chi connectivity index (χ3n) is 4.72. The minimum Gasteiger partial charge on any atom is -0.454 e. The Morgan fingerprint density at radius 1 is 1.00 bits per heavy atom. The van der Waals surface area contributed by atoms with Crippen LogP contribution in [0.1, 0.15) is 17.2 Å². The summed E-state index contributed by atoms with van der Waals surface area (Å²) >= 11 is 5.92. The van der Waals surface area contributed by atoms with Crippen molar-refractivity contribution in [1.82, 2.24) is 4.31 Å². The lowest BCUT2D eigenvalue weighted by atomic mass is 10.1. The number of rotatable bonds is 6. The topological polar surface area (TPSA) is 79.6 Å². The molecule has 0 aliphatic carbocycles. The third-order valence-corrected chi connectivity index (χ3v) is 6.80. The van der Waals surface area contributed by atoms with E-state index in [1.165, 1.54) is 28.6 Å². The number of sulfonamides is 1. The quantitative estimate of drug-likeness (QED) is 0.562. The van der Waals surface area contributed by atoms with Crippen LogP contribution in [0.2, 0.25) is 5.02 Å². The monoisotopic (exact) mass is 440 g/mol. The molecule has 0 radical (unpaired) electrons. The van der Waals surface area contributed by atoms with E-state index in [2.05, 4.69) is 6.07 Å². The standard InChI is InChI=1S/C22H17ClN2O4S/c23-18-7-9-19(10-8-18)30(26,27)25(14-16-4-2-1-3-5-16)20(13-24)17-6-11-21-22(12-17)29-15-28-21/h1-12,20H,14-15H2. The first-order valence-corrected chi connectivity index (χ1v) is 10.9. The molecule has 0 amide bonds. The minimum atomic E-state index is -4.01. The van der Waals surface area contributed by atoms with Gasteiger partial charge in [-0.05, 0) is 47.5 Å². The van der Waals surface area contributed by atoms with Gasteiger partial charge in [0, 0.05) is 11.6 Å². The SMILES string of the molecule is N#CC(c1ccc2c(c1)OCO2)N(Cc1ccccc1)S(=O)(=O)c1ccc(Cl)cc1. The largest absolute Gasteiger partial charge is 0.454 e. The molecule has 0 aromatic heterocycles. The molecule has 1 heterocycles. The lowest BCUT2D eigenvalue weighted by Crippen LogP contribution is -2.34.